The van der Waals surface area contributed by atoms with Crippen LogP contribution in [0.4, 0.5) is 5.69 Å². The molecule has 2 N–H and O–H groups in total. The van der Waals surface area contributed by atoms with Crippen LogP contribution in [0.2, 0.25) is 0 Å². The van der Waals surface area contributed by atoms with Crippen LogP contribution in [0.25, 0.3) is 22.6 Å². The topological polar surface area (TPSA) is 84.6 Å². The van der Waals surface area contributed by atoms with Gasteiger partial charge in [0.05, 0.1) is 11.1 Å². The van der Waals surface area contributed by atoms with Gasteiger partial charge in [0.25, 0.3) is 5.91 Å². The molecule has 0 aliphatic carbocycles. The van der Waals surface area contributed by atoms with E-state index in [0.717, 1.165) is 11.3 Å². The molecule has 6 nitrogen and oxygen atoms in total. The number of halogens is 1. The molecule has 0 fully saturated rings. The summed E-state index contributed by atoms with van der Waals surface area (Å²) in [5.74, 6) is 1.07. The molecule has 4 aromatic rings. The lowest BCUT2D eigenvalue weighted by molar-refractivity contribution is 0.102. The maximum atomic E-state index is 12.5. The van der Waals surface area contributed by atoms with Crippen molar-refractivity contribution in [2.75, 3.05) is 11.9 Å². The molecule has 0 saturated carbocycles. The highest BCUT2D eigenvalue weighted by atomic mass is 79.9. The number of aromatic hydroxyl groups is 1. The number of phenols is 1. The molecule has 0 bridgehead atoms. The summed E-state index contributed by atoms with van der Waals surface area (Å²) in [6, 6.07) is 17.3. The molecule has 0 spiro atoms. The summed E-state index contributed by atoms with van der Waals surface area (Å²) < 4.78 is 11.7. The van der Waals surface area contributed by atoms with Gasteiger partial charge < -0.3 is 19.6 Å². The van der Waals surface area contributed by atoms with Gasteiger partial charge in [0, 0.05) is 16.8 Å². The fourth-order valence-corrected chi connectivity index (χ4v) is 3.22. The van der Waals surface area contributed by atoms with Crippen molar-refractivity contribution < 1.29 is 19.1 Å². The number of carbonyl (C=O) groups excluding carboxylic acids is 1. The van der Waals surface area contributed by atoms with Gasteiger partial charge in [-0.1, -0.05) is 0 Å². The number of hydrogen-bond donors (Lipinski definition) is 2. The Morgan fingerprint density at radius 2 is 1.93 bits per heavy atom. The highest BCUT2D eigenvalue weighted by molar-refractivity contribution is 9.10. The zero-order valence-corrected chi connectivity index (χ0v) is 17.1. The second-order valence-corrected chi connectivity index (χ2v) is 7.13. The highest BCUT2D eigenvalue weighted by Crippen LogP contribution is 2.31. The van der Waals surface area contributed by atoms with E-state index >= 15 is 0 Å². The number of oxazole rings is 1. The number of hydrogen-bond acceptors (Lipinski definition) is 5. The van der Waals surface area contributed by atoms with E-state index in [0.29, 0.717) is 39.3 Å². The molecule has 1 heterocycles. The van der Waals surface area contributed by atoms with Gasteiger partial charge in [-0.3, -0.25) is 4.79 Å². The minimum absolute atomic E-state index is 0.143. The standard InChI is InChI=1S/C22H17BrN2O4/c1-2-28-16-7-3-13(4-8-16)21(27)24-15-6-10-20-18(12-15)25-22(29-20)14-5-9-19(26)17(23)11-14/h3-12,26H,2H2,1H3,(H,24,27). The van der Waals surface area contributed by atoms with Crippen molar-refractivity contribution in [3.8, 4) is 23.0 Å². The minimum Gasteiger partial charge on any atom is -0.507 e. The summed E-state index contributed by atoms with van der Waals surface area (Å²) in [6.07, 6.45) is 0. The van der Waals surface area contributed by atoms with Gasteiger partial charge in [0.1, 0.15) is 17.0 Å². The Kier molecular flexibility index (Phi) is 5.22. The predicted octanol–water partition coefficient (Wildman–Crippen LogP) is 5.61. The lowest BCUT2D eigenvalue weighted by Gasteiger charge is -2.06. The van der Waals surface area contributed by atoms with E-state index < -0.39 is 0 Å². The van der Waals surface area contributed by atoms with E-state index in [-0.39, 0.29) is 11.7 Å². The number of rotatable bonds is 5. The third kappa shape index (κ3) is 4.09. The SMILES string of the molecule is CCOc1ccc(C(=O)Nc2ccc3oc(-c4ccc(O)c(Br)c4)nc3c2)cc1. The van der Waals surface area contributed by atoms with E-state index in [1.54, 1.807) is 60.7 Å². The highest BCUT2D eigenvalue weighted by Gasteiger charge is 2.12. The Labute approximate surface area is 175 Å². The monoisotopic (exact) mass is 452 g/mol. The first-order valence-electron chi connectivity index (χ1n) is 8.97. The molecular formula is C22H17BrN2O4. The van der Waals surface area contributed by atoms with Crippen LogP contribution in [0.5, 0.6) is 11.5 Å². The van der Waals surface area contributed by atoms with Crippen molar-refractivity contribution in [1.82, 2.24) is 4.98 Å². The molecule has 1 aromatic heterocycles. The van der Waals surface area contributed by atoms with Crippen molar-refractivity contribution >= 4 is 38.6 Å². The normalized spacial score (nSPS) is 10.8. The quantitative estimate of drug-likeness (QED) is 0.410. The van der Waals surface area contributed by atoms with Crippen molar-refractivity contribution in [2.24, 2.45) is 0 Å². The first-order valence-corrected chi connectivity index (χ1v) is 9.76. The summed E-state index contributed by atoms with van der Waals surface area (Å²) in [6.45, 7) is 2.49. The molecular weight excluding hydrogens is 436 g/mol. The molecule has 0 saturated heterocycles. The Balaban J connectivity index is 1.55. The second kappa shape index (κ2) is 7.97. The minimum atomic E-state index is -0.224. The van der Waals surface area contributed by atoms with E-state index in [2.05, 4.69) is 26.2 Å². The maximum Gasteiger partial charge on any atom is 0.255 e. The van der Waals surface area contributed by atoms with E-state index in [1.807, 2.05) is 6.92 Å². The Bertz CT molecular complexity index is 1190. The molecule has 4 rings (SSSR count). The number of fused-ring (bicyclic) bond motifs is 1. The largest absolute Gasteiger partial charge is 0.507 e. The van der Waals surface area contributed by atoms with Crippen LogP contribution in [0, 0.1) is 0 Å². The lowest BCUT2D eigenvalue weighted by Crippen LogP contribution is -2.11. The van der Waals surface area contributed by atoms with E-state index in [9.17, 15) is 9.90 Å². The number of amides is 1. The van der Waals surface area contributed by atoms with E-state index in [4.69, 9.17) is 9.15 Å². The number of carbonyl (C=O) groups is 1. The van der Waals surface area contributed by atoms with Crippen molar-refractivity contribution in [1.29, 1.82) is 0 Å². The Hall–Kier alpha value is -3.32. The first kappa shape index (κ1) is 19.0. The summed E-state index contributed by atoms with van der Waals surface area (Å²) >= 11 is 3.29. The second-order valence-electron chi connectivity index (χ2n) is 6.28. The zero-order valence-electron chi connectivity index (χ0n) is 15.5. The number of phenolic OH excluding ortho intramolecular Hbond substituents is 1. The van der Waals surface area contributed by atoms with Crippen LogP contribution in [-0.4, -0.2) is 22.6 Å². The number of ether oxygens (including phenoxy) is 1. The number of aromatic nitrogens is 1. The van der Waals surface area contributed by atoms with Crippen LogP contribution in [-0.2, 0) is 0 Å². The number of nitrogens with zero attached hydrogens (tertiary/aromatic N) is 1. The number of anilines is 1. The molecule has 146 valence electrons. The molecule has 0 unspecified atom stereocenters. The van der Waals surface area contributed by atoms with Crippen LogP contribution in [0.1, 0.15) is 17.3 Å². The Morgan fingerprint density at radius 3 is 2.66 bits per heavy atom. The zero-order chi connectivity index (χ0) is 20.4. The summed E-state index contributed by atoms with van der Waals surface area (Å²) in [5.41, 5.74) is 3.09. The summed E-state index contributed by atoms with van der Waals surface area (Å²) in [4.78, 5) is 17.0. The summed E-state index contributed by atoms with van der Waals surface area (Å²) in [7, 11) is 0. The average Bonchev–Trinajstić information content (AvgIpc) is 3.14. The van der Waals surface area contributed by atoms with Gasteiger partial charge in [0.15, 0.2) is 5.58 Å². The predicted molar refractivity (Wildman–Crippen MR) is 114 cm³/mol. The maximum absolute atomic E-state index is 12.5. The smallest absolute Gasteiger partial charge is 0.255 e. The molecule has 0 radical (unpaired) electrons. The van der Waals surface area contributed by atoms with Crippen LogP contribution in [0.3, 0.4) is 0 Å². The molecule has 0 aliphatic heterocycles. The molecule has 0 aliphatic rings. The third-order valence-electron chi connectivity index (χ3n) is 4.27. The molecule has 1 amide bonds. The lowest BCUT2D eigenvalue weighted by atomic mass is 10.2. The fraction of sp³-hybridized carbons (Fsp3) is 0.0909. The van der Waals surface area contributed by atoms with Crippen molar-refractivity contribution in [2.45, 2.75) is 6.92 Å². The van der Waals surface area contributed by atoms with Gasteiger partial charge in [0.2, 0.25) is 5.89 Å². The first-order chi connectivity index (χ1) is 14.0. The molecule has 0 atom stereocenters. The summed E-state index contributed by atoms with van der Waals surface area (Å²) in [5, 5.41) is 12.5. The number of nitrogens with one attached hydrogen (secondary N) is 1. The fourth-order valence-electron chi connectivity index (χ4n) is 2.84. The van der Waals surface area contributed by atoms with Gasteiger partial charge in [-0.2, -0.15) is 0 Å². The third-order valence-corrected chi connectivity index (χ3v) is 4.90. The molecule has 29 heavy (non-hydrogen) atoms. The van der Waals surface area contributed by atoms with Crippen molar-refractivity contribution in [3.05, 3.63) is 70.7 Å². The van der Waals surface area contributed by atoms with Gasteiger partial charge in [-0.15, -0.1) is 0 Å². The van der Waals surface area contributed by atoms with Gasteiger partial charge in [-0.25, -0.2) is 4.98 Å². The van der Waals surface area contributed by atoms with Gasteiger partial charge in [-0.05, 0) is 83.5 Å². The van der Waals surface area contributed by atoms with Crippen molar-refractivity contribution in [3.63, 3.8) is 0 Å². The number of benzene rings is 3. The Morgan fingerprint density at radius 1 is 1.14 bits per heavy atom. The average molecular weight is 453 g/mol. The van der Waals surface area contributed by atoms with Crippen LogP contribution in [0.15, 0.2) is 69.6 Å². The molecule has 3 aromatic carbocycles. The van der Waals surface area contributed by atoms with Gasteiger partial charge >= 0.3 is 0 Å². The molecule has 7 heteroatoms. The van der Waals surface area contributed by atoms with E-state index in [1.165, 1.54) is 0 Å². The van der Waals surface area contributed by atoms with Crippen LogP contribution < -0.4 is 10.1 Å². The van der Waals surface area contributed by atoms with Crippen LogP contribution >= 0.6 is 15.9 Å².